The molecule has 0 aliphatic heterocycles. The standard InChI is InChI=1S/C16H21Cl6N3O2S/c1-9(15(17,18)19)6-11(14(27)24-8-12-23-4-5-28-12)25(3)13(26)7-10(2)16(20,21)22/h4-5,9-11H,6-8H2,1-3H3,(H,24,27)/t9-,10-,11+/m1/s1. The van der Waals surface area contributed by atoms with Crippen LogP contribution in [0.1, 0.15) is 31.7 Å². The van der Waals surface area contributed by atoms with Crippen molar-refractivity contribution in [2.75, 3.05) is 7.05 Å². The minimum Gasteiger partial charge on any atom is -0.348 e. The molecule has 0 aliphatic carbocycles. The monoisotopic (exact) mass is 529 g/mol. The Morgan fingerprint density at radius 1 is 1.14 bits per heavy atom. The lowest BCUT2D eigenvalue weighted by atomic mass is 10.00. The SMILES string of the molecule is C[C@H](CC(=O)N(C)[C@@H](C[C@@H](C)C(Cl)(Cl)Cl)C(=O)NCc1nccs1)C(Cl)(Cl)Cl. The van der Waals surface area contributed by atoms with Gasteiger partial charge in [-0.05, 0) is 6.42 Å². The van der Waals surface area contributed by atoms with Crippen molar-refractivity contribution in [3.05, 3.63) is 16.6 Å². The third-order valence-electron chi connectivity index (χ3n) is 4.24. The molecule has 28 heavy (non-hydrogen) atoms. The average Bonchev–Trinajstić information content (AvgIpc) is 3.08. The number of thiazole rings is 1. The highest BCUT2D eigenvalue weighted by Crippen LogP contribution is 2.39. The maximum absolute atomic E-state index is 12.8. The van der Waals surface area contributed by atoms with Gasteiger partial charge < -0.3 is 10.2 Å². The number of alkyl halides is 6. The van der Waals surface area contributed by atoms with Crippen LogP contribution in [0.15, 0.2) is 11.6 Å². The molecule has 5 nitrogen and oxygen atoms in total. The first-order valence-electron chi connectivity index (χ1n) is 8.28. The number of nitrogens with zero attached hydrogens (tertiary/aromatic N) is 2. The summed E-state index contributed by atoms with van der Waals surface area (Å²) in [5, 5.41) is 5.31. The van der Waals surface area contributed by atoms with Gasteiger partial charge in [0.25, 0.3) is 0 Å². The van der Waals surface area contributed by atoms with Crippen LogP contribution in [0.4, 0.5) is 0 Å². The van der Waals surface area contributed by atoms with Crippen molar-refractivity contribution in [3.63, 3.8) is 0 Å². The molecule has 2 amide bonds. The van der Waals surface area contributed by atoms with Gasteiger partial charge in [0.2, 0.25) is 11.8 Å². The van der Waals surface area contributed by atoms with Crippen molar-refractivity contribution in [1.29, 1.82) is 0 Å². The highest BCUT2D eigenvalue weighted by molar-refractivity contribution is 7.09. The van der Waals surface area contributed by atoms with Gasteiger partial charge in [0, 0.05) is 36.9 Å². The quantitative estimate of drug-likeness (QED) is 0.458. The number of aromatic nitrogens is 1. The van der Waals surface area contributed by atoms with Crippen molar-refractivity contribution in [2.24, 2.45) is 11.8 Å². The third kappa shape index (κ3) is 8.58. The molecule has 1 N–H and O–H groups in total. The van der Waals surface area contributed by atoms with Crippen LogP contribution >= 0.6 is 80.9 Å². The molecule has 0 bridgehead atoms. The highest BCUT2D eigenvalue weighted by Gasteiger charge is 2.37. The predicted molar refractivity (Wildman–Crippen MR) is 119 cm³/mol. The molecule has 1 heterocycles. The summed E-state index contributed by atoms with van der Waals surface area (Å²) >= 11 is 36.8. The van der Waals surface area contributed by atoms with Gasteiger partial charge in [-0.1, -0.05) is 83.5 Å². The summed E-state index contributed by atoms with van der Waals surface area (Å²) in [6.45, 7) is 3.57. The third-order valence-corrected chi connectivity index (χ3v) is 7.25. The van der Waals surface area contributed by atoms with E-state index < -0.39 is 25.5 Å². The average molecular weight is 532 g/mol. The van der Waals surface area contributed by atoms with Crippen molar-refractivity contribution < 1.29 is 9.59 Å². The fourth-order valence-corrected chi connectivity index (χ4v) is 3.28. The molecule has 0 saturated heterocycles. The Labute approximate surface area is 198 Å². The maximum Gasteiger partial charge on any atom is 0.243 e. The molecule has 0 spiro atoms. The summed E-state index contributed by atoms with van der Waals surface area (Å²) in [5.74, 6) is -1.77. The van der Waals surface area contributed by atoms with Crippen LogP contribution in [0.2, 0.25) is 0 Å². The lowest BCUT2D eigenvalue weighted by Gasteiger charge is -2.32. The topological polar surface area (TPSA) is 62.3 Å². The Morgan fingerprint density at radius 3 is 2.18 bits per heavy atom. The van der Waals surface area contributed by atoms with Crippen LogP contribution in [-0.4, -0.2) is 42.4 Å². The van der Waals surface area contributed by atoms with Crippen LogP contribution < -0.4 is 5.32 Å². The molecule has 0 aromatic carbocycles. The number of likely N-dealkylation sites (N-methyl/N-ethyl adjacent to an activating group) is 1. The van der Waals surface area contributed by atoms with Gasteiger partial charge in [-0.2, -0.15) is 0 Å². The molecule has 0 unspecified atom stereocenters. The van der Waals surface area contributed by atoms with E-state index in [4.69, 9.17) is 69.6 Å². The number of carbonyl (C=O) groups excluding carboxylic acids is 2. The molecule has 0 saturated carbocycles. The number of carbonyl (C=O) groups is 2. The second-order valence-corrected chi connectivity index (χ2v) is 12.2. The van der Waals surface area contributed by atoms with Crippen molar-refractivity contribution >= 4 is 92.8 Å². The van der Waals surface area contributed by atoms with E-state index in [-0.39, 0.29) is 31.2 Å². The zero-order valence-electron chi connectivity index (χ0n) is 15.4. The molecular formula is C16H21Cl6N3O2S. The summed E-state index contributed by atoms with van der Waals surface area (Å²) < 4.78 is -3.17. The number of hydrogen-bond acceptors (Lipinski definition) is 4. The van der Waals surface area contributed by atoms with Gasteiger partial charge in [0.05, 0.1) is 6.54 Å². The lowest BCUT2D eigenvalue weighted by Crippen LogP contribution is -2.49. The Hall–Kier alpha value is 0.310. The second kappa shape index (κ2) is 11.1. The molecule has 3 atom stereocenters. The lowest BCUT2D eigenvalue weighted by molar-refractivity contribution is -0.140. The molecular weight excluding hydrogens is 511 g/mol. The summed E-state index contributed by atoms with van der Waals surface area (Å²) in [5.41, 5.74) is 0. The molecule has 0 fully saturated rings. The zero-order valence-corrected chi connectivity index (χ0v) is 20.7. The van der Waals surface area contributed by atoms with Crippen molar-refractivity contribution in [3.8, 4) is 0 Å². The number of halogens is 6. The summed E-state index contributed by atoms with van der Waals surface area (Å²) in [6.07, 6.45) is 1.73. The molecule has 1 rings (SSSR count). The van der Waals surface area contributed by atoms with Crippen LogP contribution in [0, 0.1) is 11.8 Å². The predicted octanol–water partition coefficient (Wildman–Crippen LogP) is 5.38. The number of rotatable bonds is 8. The normalized spacial score (nSPS) is 15.6. The Kier molecular flexibility index (Phi) is 10.4. The molecule has 160 valence electrons. The van der Waals surface area contributed by atoms with E-state index in [1.807, 2.05) is 0 Å². The Balaban J connectivity index is 2.91. The first-order chi connectivity index (χ1) is 12.7. The van der Waals surface area contributed by atoms with Crippen LogP contribution in [0.3, 0.4) is 0 Å². The van der Waals surface area contributed by atoms with E-state index >= 15 is 0 Å². The van der Waals surface area contributed by atoms with Gasteiger partial charge in [-0.3, -0.25) is 9.59 Å². The van der Waals surface area contributed by atoms with Gasteiger partial charge >= 0.3 is 0 Å². The van der Waals surface area contributed by atoms with Gasteiger partial charge in [0.1, 0.15) is 11.0 Å². The fraction of sp³-hybridized carbons (Fsp3) is 0.688. The van der Waals surface area contributed by atoms with E-state index in [1.54, 1.807) is 25.4 Å². The molecule has 1 aromatic heterocycles. The van der Waals surface area contributed by atoms with Gasteiger partial charge in [0.15, 0.2) is 7.59 Å². The minimum atomic E-state index is -1.59. The number of hydrogen-bond donors (Lipinski definition) is 1. The molecule has 12 heteroatoms. The van der Waals surface area contributed by atoms with E-state index in [1.165, 1.54) is 23.3 Å². The summed E-state index contributed by atoms with van der Waals surface area (Å²) in [7, 11) is 1.51. The van der Waals surface area contributed by atoms with E-state index in [2.05, 4.69) is 10.3 Å². The molecule has 1 aromatic rings. The van der Waals surface area contributed by atoms with Crippen LogP contribution in [0.5, 0.6) is 0 Å². The Bertz CT molecular complexity index is 648. The summed E-state index contributed by atoms with van der Waals surface area (Å²) in [4.78, 5) is 30.9. The zero-order chi connectivity index (χ0) is 21.7. The van der Waals surface area contributed by atoms with E-state index in [0.717, 1.165) is 5.01 Å². The second-order valence-electron chi connectivity index (χ2n) is 6.49. The smallest absolute Gasteiger partial charge is 0.243 e. The number of nitrogens with one attached hydrogen (secondary N) is 1. The van der Waals surface area contributed by atoms with E-state index in [0.29, 0.717) is 0 Å². The largest absolute Gasteiger partial charge is 0.348 e. The summed E-state index contributed by atoms with van der Waals surface area (Å²) in [6, 6.07) is -0.860. The van der Waals surface area contributed by atoms with Crippen LogP contribution in [-0.2, 0) is 16.1 Å². The van der Waals surface area contributed by atoms with Crippen molar-refractivity contribution in [2.45, 2.75) is 46.9 Å². The maximum atomic E-state index is 12.8. The first-order valence-corrected chi connectivity index (χ1v) is 11.4. The fourth-order valence-electron chi connectivity index (χ4n) is 2.23. The van der Waals surface area contributed by atoms with Crippen molar-refractivity contribution in [1.82, 2.24) is 15.2 Å². The van der Waals surface area contributed by atoms with Gasteiger partial charge in [-0.15, -0.1) is 11.3 Å². The minimum absolute atomic E-state index is 0.0502. The van der Waals surface area contributed by atoms with E-state index in [9.17, 15) is 9.59 Å². The molecule has 0 aliphatic rings. The highest BCUT2D eigenvalue weighted by atomic mass is 35.6. The van der Waals surface area contributed by atoms with Crippen LogP contribution in [0.25, 0.3) is 0 Å². The molecule has 0 radical (unpaired) electrons. The Morgan fingerprint density at radius 2 is 1.71 bits per heavy atom. The first kappa shape index (κ1) is 26.3. The van der Waals surface area contributed by atoms with Gasteiger partial charge in [-0.25, -0.2) is 4.98 Å². The number of amides is 2.